The Kier molecular flexibility index (Phi) is 3.92. The van der Waals surface area contributed by atoms with Crippen LogP contribution in [0.3, 0.4) is 0 Å². The van der Waals surface area contributed by atoms with E-state index in [4.69, 9.17) is 10.2 Å². The second kappa shape index (κ2) is 5.05. The number of anilines is 1. The SMILES string of the molecule is CS(=O)(=O)N(CC(=O)O)c1ccc(C(=O)O)cc1. The predicted octanol–water partition coefficient (Wildman–Crippen LogP) is 0.235. The fraction of sp³-hybridized carbons (Fsp3) is 0.200. The standard InChI is InChI=1S/C10H11NO6S/c1-18(16,17)11(6-9(12)13)8-4-2-7(3-5-8)10(14)15/h2-5H,6H2,1H3,(H,12,13)(H,14,15). The number of carbonyl (C=O) groups is 2. The van der Waals surface area contributed by atoms with Gasteiger partial charge in [0.25, 0.3) is 0 Å². The summed E-state index contributed by atoms with van der Waals surface area (Å²) in [6, 6.07) is 4.90. The van der Waals surface area contributed by atoms with E-state index in [2.05, 4.69) is 0 Å². The number of carboxylic acids is 2. The average Bonchev–Trinajstić information content (AvgIpc) is 2.24. The van der Waals surface area contributed by atoms with Crippen LogP contribution < -0.4 is 4.31 Å². The minimum Gasteiger partial charge on any atom is -0.480 e. The molecule has 8 heteroatoms. The Hall–Kier alpha value is -2.09. The summed E-state index contributed by atoms with van der Waals surface area (Å²) in [5, 5.41) is 17.3. The predicted molar refractivity (Wildman–Crippen MR) is 63.2 cm³/mol. The molecule has 0 saturated carbocycles. The fourth-order valence-electron chi connectivity index (χ4n) is 1.29. The number of carboxylic acid groups (broad SMARTS) is 2. The number of hydrogen-bond donors (Lipinski definition) is 2. The molecule has 98 valence electrons. The van der Waals surface area contributed by atoms with Gasteiger partial charge >= 0.3 is 11.9 Å². The lowest BCUT2D eigenvalue weighted by atomic mass is 10.2. The highest BCUT2D eigenvalue weighted by Gasteiger charge is 2.20. The smallest absolute Gasteiger partial charge is 0.335 e. The number of aromatic carboxylic acids is 1. The maximum absolute atomic E-state index is 11.4. The zero-order valence-corrected chi connectivity index (χ0v) is 10.2. The van der Waals surface area contributed by atoms with Gasteiger partial charge in [-0.2, -0.15) is 0 Å². The summed E-state index contributed by atoms with van der Waals surface area (Å²) < 4.78 is 23.5. The third-order valence-electron chi connectivity index (χ3n) is 2.08. The molecule has 0 radical (unpaired) electrons. The quantitative estimate of drug-likeness (QED) is 0.794. The van der Waals surface area contributed by atoms with E-state index in [0.29, 0.717) is 4.31 Å². The zero-order valence-electron chi connectivity index (χ0n) is 9.40. The van der Waals surface area contributed by atoms with Crippen LogP contribution in [0.5, 0.6) is 0 Å². The van der Waals surface area contributed by atoms with Crippen molar-refractivity contribution in [2.45, 2.75) is 0 Å². The van der Waals surface area contributed by atoms with Gasteiger partial charge < -0.3 is 10.2 Å². The third-order valence-corrected chi connectivity index (χ3v) is 3.22. The van der Waals surface area contributed by atoms with Gasteiger partial charge in [0, 0.05) is 0 Å². The van der Waals surface area contributed by atoms with Gasteiger partial charge in [-0.15, -0.1) is 0 Å². The molecule has 0 bridgehead atoms. The van der Waals surface area contributed by atoms with Crippen molar-refractivity contribution in [2.24, 2.45) is 0 Å². The third kappa shape index (κ3) is 3.45. The summed E-state index contributed by atoms with van der Waals surface area (Å²) in [7, 11) is -3.74. The molecule has 7 nitrogen and oxygen atoms in total. The molecule has 0 aliphatic carbocycles. The molecule has 0 aliphatic heterocycles. The monoisotopic (exact) mass is 273 g/mol. The molecule has 0 aliphatic rings. The second-order valence-electron chi connectivity index (χ2n) is 3.52. The number of rotatable bonds is 5. The first kappa shape index (κ1) is 14.0. The van der Waals surface area contributed by atoms with Gasteiger partial charge in [-0.3, -0.25) is 9.10 Å². The molecule has 18 heavy (non-hydrogen) atoms. The molecule has 0 aromatic heterocycles. The number of benzene rings is 1. The molecule has 0 spiro atoms. The summed E-state index contributed by atoms with van der Waals surface area (Å²) in [4.78, 5) is 21.2. The Morgan fingerprint density at radius 3 is 2.00 bits per heavy atom. The molecular weight excluding hydrogens is 262 g/mol. The van der Waals surface area contributed by atoms with Crippen molar-refractivity contribution in [3.8, 4) is 0 Å². The van der Waals surface area contributed by atoms with Crippen molar-refractivity contribution < 1.29 is 28.2 Å². The van der Waals surface area contributed by atoms with Crippen LogP contribution in [-0.4, -0.2) is 43.4 Å². The molecular formula is C10H11NO6S. The highest BCUT2D eigenvalue weighted by molar-refractivity contribution is 7.92. The van der Waals surface area contributed by atoms with Crippen LogP contribution in [-0.2, 0) is 14.8 Å². The Morgan fingerprint density at radius 2 is 1.67 bits per heavy atom. The van der Waals surface area contributed by atoms with E-state index in [1.807, 2.05) is 0 Å². The van der Waals surface area contributed by atoms with Gasteiger partial charge in [0.05, 0.1) is 17.5 Å². The maximum atomic E-state index is 11.4. The minimum absolute atomic E-state index is 0.0115. The van der Waals surface area contributed by atoms with Gasteiger partial charge in [0.1, 0.15) is 6.54 Å². The van der Waals surface area contributed by atoms with Crippen molar-refractivity contribution in [2.75, 3.05) is 17.1 Å². The summed E-state index contributed by atoms with van der Waals surface area (Å²) >= 11 is 0. The van der Waals surface area contributed by atoms with Gasteiger partial charge in [-0.1, -0.05) is 0 Å². The Balaban J connectivity index is 3.14. The molecule has 0 unspecified atom stereocenters. The topological polar surface area (TPSA) is 112 Å². The summed E-state index contributed by atoms with van der Waals surface area (Å²) in [5.74, 6) is -2.45. The van der Waals surface area contributed by atoms with E-state index in [9.17, 15) is 18.0 Å². The van der Waals surface area contributed by atoms with Gasteiger partial charge in [-0.05, 0) is 24.3 Å². The molecule has 0 fully saturated rings. The van der Waals surface area contributed by atoms with Crippen LogP contribution in [0, 0.1) is 0 Å². The lowest BCUT2D eigenvalue weighted by Crippen LogP contribution is -2.34. The van der Waals surface area contributed by atoms with E-state index < -0.39 is 28.5 Å². The van der Waals surface area contributed by atoms with Crippen molar-refractivity contribution in [1.29, 1.82) is 0 Å². The summed E-state index contributed by atoms with van der Waals surface area (Å²) in [6.07, 6.45) is 0.876. The van der Waals surface area contributed by atoms with Crippen molar-refractivity contribution in [3.63, 3.8) is 0 Å². The van der Waals surface area contributed by atoms with Crippen molar-refractivity contribution in [1.82, 2.24) is 0 Å². The maximum Gasteiger partial charge on any atom is 0.335 e. The van der Waals surface area contributed by atoms with Crippen molar-refractivity contribution in [3.05, 3.63) is 29.8 Å². The number of sulfonamides is 1. The number of hydrogen-bond acceptors (Lipinski definition) is 4. The van der Waals surface area contributed by atoms with Crippen molar-refractivity contribution >= 4 is 27.6 Å². The molecule has 0 heterocycles. The molecule has 2 N–H and O–H groups in total. The fourth-order valence-corrected chi connectivity index (χ4v) is 2.14. The highest BCUT2D eigenvalue weighted by atomic mass is 32.2. The van der Waals surface area contributed by atoms with Gasteiger partial charge in [0.2, 0.25) is 10.0 Å². The first-order chi connectivity index (χ1) is 8.21. The van der Waals surface area contributed by atoms with E-state index in [1.54, 1.807) is 0 Å². The van der Waals surface area contributed by atoms with Crippen LogP contribution in [0.25, 0.3) is 0 Å². The minimum atomic E-state index is -3.74. The molecule has 1 aromatic carbocycles. The van der Waals surface area contributed by atoms with Gasteiger partial charge in [0.15, 0.2) is 0 Å². The zero-order chi connectivity index (χ0) is 13.9. The molecule has 1 aromatic rings. The average molecular weight is 273 g/mol. The largest absolute Gasteiger partial charge is 0.480 e. The molecule has 1 rings (SSSR count). The Morgan fingerprint density at radius 1 is 1.17 bits per heavy atom. The second-order valence-corrected chi connectivity index (χ2v) is 5.42. The van der Waals surface area contributed by atoms with E-state index in [-0.39, 0.29) is 11.3 Å². The van der Waals surface area contributed by atoms with Crippen LogP contribution in [0.15, 0.2) is 24.3 Å². The van der Waals surface area contributed by atoms with Crippen LogP contribution in [0.2, 0.25) is 0 Å². The molecule has 0 atom stereocenters. The van der Waals surface area contributed by atoms with Crippen LogP contribution in [0.4, 0.5) is 5.69 Å². The summed E-state index contributed by atoms with van der Waals surface area (Å²) in [6.45, 7) is -0.717. The molecule has 0 saturated heterocycles. The van der Waals surface area contributed by atoms with Gasteiger partial charge in [-0.25, -0.2) is 13.2 Å². The van der Waals surface area contributed by atoms with E-state index in [0.717, 1.165) is 6.26 Å². The Labute approximate surface area is 103 Å². The number of nitrogens with zero attached hydrogens (tertiary/aromatic N) is 1. The molecule has 0 amide bonds. The lowest BCUT2D eigenvalue weighted by Gasteiger charge is -2.20. The van der Waals surface area contributed by atoms with Crippen LogP contribution >= 0.6 is 0 Å². The van der Waals surface area contributed by atoms with E-state index in [1.165, 1.54) is 24.3 Å². The first-order valence-electron chi connectivity index (χ1n) is 4.74. The first-order valence-corrected chi connectivity index (χ1v) is 6.59. The summed E-state index contributed by atoms with van der Waals surface area (Å²) in [5.41, 5.74) is 0.0902. The number of aliphatic carboxylic acids is 1. The highest BCUT2D eigenvalue weighted by Crippen LogP contribution is 2.18. The van der Waals surface area contributed by atoms with E-state index >= 15 is 0 Å². The van der Waals surface area contributed by atoms with Crippen LogP contribution in [0.1, 0.15) is 10.4 Å². The Bertz CT molecular complexity index is 563. The normalized spacial score (nSPS) is 10.9. The lowest BCUT2D eigenvalue weighted by molar-refractivity contribution is -0.135.